The Balaban J connectivity index is 1.38. The van der Waals surface area contributed by atoms with Crippen molar-refractivity contribution in [1.29, 1.82) is 0 Å². The Labute approximate surface area is 269 Å². The summed E-state index contributed by atoms with van der Waals surface area (Å²) in [6.07, 6.45) is 8.95. The number of rotatable bonds is 5. The number of benzene rings is 2. The Hall–Kier alpha value is -4.40. The molecule has 7 rings (SSSR count). The van der Waals surface area contributed by atoms with Crippen LogP contribution in [0.2, 0.25) is 0 Å². The third-order valence-electron chi connectivity index (χ3n) is 9.83. The Morgan fingerprint density at radius 1 is 1.24 bits per heavy atom. The van der Waals surface area contributed by atoms with Crippen molar-refractivity contribution in [3.8, 4) is 35.4 Å². The fourth-order valence-electron chi connectivity index (χ4n) is 7.20. The summed E-state index contributed by atoms with van der Waals surface area (Å²) in [6, 6.07) is 5.56. The van der Waals surface area contributed by atoms with Crippen LogP contribution in [0.5, 0.6) is 11.8 Å². The number of ether oxygens (including phenoxy) is 1. The molecule has 0 spiro atoms. The molecule has 8 nitrogen and oxygen atoms in total. The molecule has 2 bridgehead atoms. The number of pyridine rings is 1. The van der Waals surface area contributed by atoms with Gasteiger partial charge in [0.05, 0.1) is 17.3 Å². The lowest BCUT2D eigenvalue weighted by Gasteiger charge is -2.43. The quantitative estimate of drug-likeness (QED) is 0.271. The zero-order valence-corrected chi connectivity index (χ0v) is 25.4. The number of phenols is 1. The van der Waals surface area contributed by atoms with Crippen LogP contribution in [-0.2, 0) is 0 Å². The second-order valence-electron chi connectivity index (χ2n) is 12.7. The van der Waals surface area contributed by atoms with E-state index in [1.54, 1.807) is 13.8 Å². The number of aromatic nitrogens is 3. The smallest absolute Gasteiger partial charge is 0.319 e. The summed E-state index contributed by atoms with van der Waals surface area (Å²) < 4.78 is 76.2. The van der Waals surface area contributed by atoms with E-state index in [9.17, 15) is 13.9 Å². The number of nitrogens with one attached hydrogen (secondary N) is 1. The average molecular weight is 632 g/mol. The maximum atomic E-state index is 16.9. The number of fused-ring (bicyclic) bond motifs is 4. The maximum absolute atomic E-state index is 16.9. The summed E-state index contributed by atoms with van der Waals surface area (Å²) in [5, 5.41) is 15.0. The van der Waals surface area contributed by atoms with Crippen LogP contribution in [0.3, 0.4) is 0 Å². The Morgan fingerprint density at radius 3 is 2.74 bits per heavy atom. The second-order valence-corrected chi connectivity index (χ2v) is 12.7. The van der Waals surface area contributed by atoms with Gasteiger partial charge in [-0.25, -0.2) is 13.2 Å². The highest BCUT2D eigenvalue weighted by atomic mass is 19.1. The van der Waals surface area contributed by atoms with Crippen molar-refractivity contribution in [2.24, 2.45) is 5.41 Å². The Morgan fingerprint density at radius 2 is 2.02 bits per heavy atom. The topological polar surface area (TPSA) is 86.6 Å². The number of terminal acetylenes is 1. The first-order valence-corrected chi connectivity index (χ1v) is 15.3. The molecule has 3 aliphatic heterocycles. The minimum atomic E-state index is -2.39. The molecule has 0 radical (unpaired) electrons. The van der Waals surface area contributed by atoms with Gasteiger partial charge in [0.15, 0.2) is 5.82 Å². The molecule has 4 aromatic rings. The van der Waals surface area contributed by atoms with E-state index >= 15 is 4.39 Å². The molecular weight excluding hydrogens is 593 g/mol. The van der Waals surface area contributed by atoms with Crippen LogP contribution in [0.4, 0.5) is 19.0 Å². The van der Waals surface area contributed by atoms with E-state index in [2.05, 4.69) is 21.2 Å². The van der Waals surface area contributed by atoms with Crippen LogP contribution in [-0.4, -0.2) is 76.3 Å². The summed E-state index contributed by atoms with van der Waals surface area (Å²) in [5.74, 6) is 1.01. The summed E-state index contributed by atoms with van der Waals surface area (Å²) in [4.78, 5) is 17.1. The SMILES string of the molecule is [2H]C([2H])([2H])N1CC/C(=C\F)[C@](C)(C(C)Oc2nc(N3C[C@H]4CC[C@@H](C3)N4)c3cnc(-c4cc(O)cc5ccc(F)c(C#C)c45)c(F)c3n2)C1. The molecule has 2 aromatic heterocycles. The van der Waals surface area contributed by atoms with Crippen LogP contribution in [0.15, 0.2) is 42.4 Å². The van der Waals surface area contributed by atoms with Gasteiger partial charge in [0, 0.05) is 64.9 Å². The first-order valence-electron chi connectivity index (χ1n) is 16.8. The minimum Gasteiger partial charge on any atom is -0.508 e. The van der Waals surface area contributed by atoms with Crippen molar-refractivity contribution in [3.05, 3.63) is 59.6 Å². The van der Waals surface area contributed by atoms with Gasteiger partial charge in [0.2, 0.25) is 0 Å². The van der Waals surface area contributed by atoms with Gasteiger partial charge >= 0.3 is 6.01 Å². The molecule has 0 aliphatic carbocycles. The maximum Gasteiger partial charge on any atom is 0.319 e. The number of phenolic OH excluding ortho intramolecular Hbond substituents is 1. The predicted octanol–water partition coefficient (Wildman–Crippen LogP) is 5.71. The second kappa shape index (κ2) is 11.4. The van der Waals surface area contributed by atoms with Crippen LogP contribution in [0, 0.1) is 29.4 Å². The highest BCUT2D eigenvalue weighted by molar-refractivity contribution is 6.03. The third kappa shape index (κ3) is 5.00. The molecule has 2 aromatic carbocycles. The summed E-state index contributed by atoms with van der Waals surface area (Å²) >= 11 is 0. The van der Waals surface area contributed by atoms with Gasteiger partial charge in [-0.15, -0.1) is 6.42 Å². The molecule has 238 valence electrons. The van der Waals surface area contributed by atoms with E-state index in [0.29, 0.717) is 41.6 Å². The molecule has 2 N–H and O–H groups in total. The van der Waals surface area contributed by atoms with Crippen molar-refractivity contribution in [2.75, 3.05) is 38.1 Å². The lowest BCUT2D eigenvalue weighted by molar-refractivity contribution is 0.0461. The molecule has 0 amide bonds. The molecule has 1 unspecified atom stereocenters. The summed E-state index contributed by atoms with van der Waals surface area (Å²) in [7, 11) is 0. The number of likely N-dealkylation sites (tertiary alicyclic amines) is 1. The molecule has 3 fully saturated rings. The third-order valence-corrected chi connectivity index (χ3v) is 9.83. The summed E-state index contributed by atoms with van der Waals surface area (Å²) in [6.45, 7) is 2.38. The zero-order chi connectivity index (χ0) is 34.8. The largest absolute Gasteiger partial charge is 0.508 e. The predicted molar refractivity (Wildman–Crippen MR) is 171 cm³/mol. The van der Waals surface area contributed by atoms with E-state index < -0.39 is 30.1 Å². The molecular formula is C35H35F3N6O2. The Kier molecular flexibility index (Phi) is 6.66. The normalized spacial score (nSPS) is 26.1. The number of piperidine rings is 1. The summed E-state index contributed by atoms with van der Waals surface area (Å²) in [5.41, 5.74) is -1.05. The van der Waals surface area contributed by atoms with E-state index in [4.69, 9.17) is 20.3 Å². The van der Waals surface area contributed by atoms with Crippen molar-refractivity contribution in [3.63, 3.8) is 0 Å². The fraction of sp³-hybridized carbons (Fsp3) is 0.400. The number of hydrogen-bond donors (Lipinski definition) is 2. The number of anilines is 1. The van der Waals surface area contributed by atoms with Crippen LogP contribution >= 0.6 is 0 Å². The molecule has 3 aliphatic rings. The van der Waals surface area contributed by atoms with Crippen LogP contribution in [0.1, 0.15) is 42.8 Å². The van der Waals surface area contributed by atoms with E-state index in [1.165, 1.54) is 35.4 Å². The van der Waals surface area contributed by atoms with E-state index in [1.807, 2.05) is 4.90 Å². The zero-order valence-electron chi connectivity index (χ0n) is 28.4. The first kappa shape index (κ1) is 26.8. The molecule has 0 saturated carbocycles. The molecule has 3 saturated heterocycles. The van der Waals surface area contributed by atoms with Gasteiger partial charge in [-0.2, -0.15) is 9.97 Å². The number of nitrogens with zero attached hydrogens (tertiary/aromatic N) is 5. The van der Waals surface area contributed by atoms with Gasteiger partial charge < -0.3 is 25.0 Å². The van der Waals surface area contributed by atoms with Crippen molar-refractivity contribution in [2.45, 2.75) is 51.3 Å². The van der Waals surface area contributed by atoms with Gasteiger partial charge in [0.25, 0.3) is 0 Å². The fourth-order valence-corrected chi connectivity index (χ4v) is 7.20. The first-order chi connectivity index (χ1) is 23.3. The molecule has 46 heavy (non-hydrogen) atoms. The number of halogens is 3. The van der Waals surface area contributed by atoms with Crippen LogP contribution < -0.4 is 15.0 Å². The van der Waals surface area contributed by atoms with E-state index in [-0.39, 0.29) is 71.1 Å². The number of aromatic hydroxyl groups is 1. The minimum absolute atomic E-state index is 0.0108. The van der Waals surface area contributed by atoms with Gasteiger partial charge in [0.1, 0.15) is 34.7 Å². The monoisotopic (exact) mass is 631 g/mol. The Bertz CT molecular complexity index is 2040. The van der Waals surface area contributed by atoms with Gasteiger partial charge in [-0.1, -0.05) is 18.9 Å². The number of piperazine rings is 1. The highest BCUT2D eigenvalue weighted by Crippen LogP contribution is 2.42. The standard InChI is InChI=1S/C35H35F3N6O2/c1-5-25-28(37)9-6-20-12-24(45)13-26(29(20)25)31-30(38)32-27(15-39-31)33(44-16-22-7-8-23(17-44)40-22)42-34(41-32)46-19(2)35(3)18-43(4)11-10-21(35)14-36/h1,6,9,12-15,19,22-23,40,45H,7-8,10-11,16-18H2,2-4H3/b21-14+/t19?,22-,23+,35-/m0/s1/i4D3. The number of hydrogen-bond acceptors (Lipinski definition) is 8. The highest BCUT2D eigenvalue weighted by Gasteiger charge is 2.41. The molecule has 4 atom stereocenters. The van der Waals surface area contributed by atoms with Crippen LogP contribution in [0.25, 0.3) is 32.9 Å². The average Bonchev–Trinajstić information content (AvgIpc) is 3.40. The van der Waals surface area contributed by atoms with Gasteiger partial charge in [-0.05, 0) is 62.3 Å². The molecule has 11 heteroatoms. The molecule has 5 heterocycles. The van der Waals surface area contributed by atoms with Crippen molar-refractivity contribution >= 4 is 27.5 Å². The lowest BCUT2D eigenvalue weighted by Crippen LogP contribution is -2.51. The van der Waals surface area contributed by atoms with Crippen molar-refractivity contribution in [1.82, 2.24) is 25.2 Å². The van der Waals surface area contributed by atoms with E-state index in [0.717, 1.165) is 12.8 Å². The lowest BCUT2D eigenvalue weighted by atomic mass is 9.74. The van der Waals surface area contributed by atoms with Crippen molar-refractivity contribution < 1.29 is 27.1 Å². The van der Waals surface area contributed by atoms with Gasteiger partial charge in [-0.3, -0.25) is 4.98 Å².